The predicted octanol–water partition coefficient (Wildman–Crippen LogP) is 3.46. The number of piperidine rings is 1. The number of aromatic nitrogens is 1. The molecular weight excluding hydrogens is 247 g/mol. The van der Waals surface area contributed by atoms with E-state index in [-0.39, 0.29) is 5.82 Å². The number of halogens is 1. The number of aromatic amines is 1. The van der Waals surface area contributed by atoms with Crippen LogP contribution in [-0.4, -0.2) is 23.3 Å². The Bertz CT molecular complexity index is 558. The Balaban J connectivity index is 1.94. The van der Waals surface area contributed by atoms with Gasteiger partial charge in [-0.3, -0.25) is 0 Å². The highest BCUT2D eigenvalue weighted by atomic mass is 32.2. The second kappa shape index (κ2) is 4.94. The van der Waals surface area contributed by atoms with E-state index in [1.165, 1.54) is 23.8 Å². The maximum atomic E-state index is 13.4. The van der Waals surface area contributed by atoms with Crippen LogP contribution in [0.1, 0.15) is 18.5 Å². The average Bonchev–Trinajstić information content (AvgIpc) is 2.67. The summed E-state index contributed by atoms with van der Waals surface area (Å²) in [6.45, 7) is 4.25. The van der Waals surface area contributed by atoms with Crippen LogP contribution in [0.5, 0.6) is 0 Å². The van der Waals surface area contributed by atoms with Crippen LogP contribution < -0.4 is 5.32 Å². The minimum absolute atomic E-state index is 0.159. The van der Waals surface area contributed by atoms with Gasteiger partial charge in [0.25, 0.3) is 0 Å². The van der Waals surface area contributed by atoms with Crippen molar-refractivity contribution in [3.05, 3.63) is 29.7 Å². The van der Waals surface area contributed by atoms with Crippen LogP contribution >= 0.6 is 11.8 Å². The number of benzene rings is 1. The first kappa shape index (κ1) is 12.1. The van der Waals surface area contributed by atoms with Gasteiger partial charge >= 0.3 is 0 Å². The maximum absolute atomic E-state index is 13.4. The topological polar surface area (TPSA) is 27.8 Å². The van der Waals surface area contributed by atoms with Crippen LogP contribution in [0.4, 0.5) is 4.39 Å². The Morgan fingerprint density at radius 1 is 1.28 bits per heavy atom. The average molecular weight is 264 g/mol. The van der Waals surface area contributed by atoms with E-state index < -0.39 is 0 Å². The van der Waals surface area contributed by atoms with Crippen molar-refractivity contribution in [3.8, 4) is 0 Å². The molecule has 4 heteroatoms. The molecule has 1 aliphatic rings. The molecule has 0 unspecified atom stereocenters. The van der Waals surface area contributed by atoms with Crippen molar-refractivity contribution in [2.24, 2.45) is 0 Å². The summed E-state index contributed by atoms with van der Waals surface area (Å²) < 4.78 is 13.4. The molecule has 1 aromatic heterocycles. The van der Waals surface area contributed by atoms with E-state index in [0.29, 0.717) is 5.25 Å². The van der Waals surface area contributed by atoms with E-state index in [0.717, 1.165) is 29.7 Å². The highest BCUT2D eigenvalue weighted by Crippen LogP contribution is 2.36. The molecule has 0 spiro atoms. The van der Waals surface area contributed by atoms with Crippen molar-refractivity contribution in [2.75, 3.05) is 13.1 Å². The Hall–Kier alpha value is -1.00. The molecule has 0 saturated carbocycles. The van der Waals surface area contributed by atoms with Crippen molar-refractivity contribution in [1.82, 2.24) is 10.3 Å². The lowest BCUT2D eigenvalue weighted by molar-refractivity contribution is 0.531. The van der Waals surface area contributed by atoms with Gasteiger partial charge in [-0.25, -0.2) is 4.39 Å². The minimum Gasteiger partial charge on any atom is -0.358 e. The Morgan fingerprint density at radius 3 is 2.83 bits per heavy atom. The first-order valence-electron chi connectivity index (χ1n) is 6.39. The molecule has 0 aliphatic carbocycles. The molecule has 18 heavy (non-hydrogen) atoms. The van der Waals surface area contributed by atoms with E-state index in [1.54, 1.807) is 6.07 Å². The summed E-state index contributed by atoms with van der Waals surface area (Å²) in [4.78, 5) is 4.56. The molecular formula is C14H17FN2S. The summed E-state index contributed by atoms with van der Waals surface area (Å²) in [6, 6.07) is 4.98. The zero-order valence-electron chi connectivity index (χ0n) is 10.4. The van der Waals surface area contributed by atoms with Gasteiger partial charge in [0.1, 0.15) is 5.82 Å². The number of hydrogen-bond acceptors (Lipinski definition) is 2. The standard InChI is InChI=1S/C14H17FN2S/c1-9-14(18-11-4-6-16-7-5-11)12-8-10(15)2-3-13(12)17-9/h2-3,8,11,16-17H,4-7H2,1H3. The highest BCUT2D eigenvalue weighted by Gasteiger charge is 2.18. The largest absolute Gasteiger partial charge is 0.358 e. The SMILES string of the molecule is Cc1[nH]c2ccc(F)cc2c1SC1CCNCC1. The molecule has 2 aromatic rings. The monoisotopic (exact) mass is 264 g/mol. The quantitative estimate of drug-likeness (QED) is 0.869. The van der Waals surface area contributed by atoms with Crippen LogP contribution in [0.2, 0.25) is 0 Å². The number of rotatable bonds is 2. The van der Waals surface area contributed by atoms with Crippen molar-refractivity contribution in [2.45, 2.75) is 29.9 Å². The first-order chi connectivity index (χ1) is 8.74. The van der Waals surface area contributed by atoms with Crippen LogP contribution in [0, 0.1) is 12.7 Å². The molecule has 2 heterocycles. The summed E-state index contributed by atoms with van der Waals surface area (Å²) in [6.07, 6.45) is 2.37. The summed E-state index contributed by atoms with van der Waals surface area (Å²) in [7, 11) is 0. The Kier molecular flexibility index (Phi) is 3.31. The zero-order valence-corrected chi connectivity index (χ0v) is 11.2. The predicted molar refractivity (Wildman–Crippen MR) is 74.7 cm³/mol. The Labute approximate surface area is 110 Å². The third-order valence-corrected chi connectivity index (χ3v) is 5.03. The number of aryl methyl sites for hydroxylation is 1. The van der Waals surface area contributed by atoms with Crippen LogP contribution in [0.25, 0.3) is 10.9 Å². The van der Waals surface area contributed by atoms with Gasteiger partial charge in [0.2, 0.25) is 0 Å². The van der Waals surface area contributed by atoms with Gasteiger partial charge in [0.15, 0.2) is 0 Å². The second-order valence-electron chi connectivity index (χ2n) is 4.84. The zero-order chi connectivity index (χ0) is 12.5. The lowest BCUT2D eigenvalue weighted by atomic mass is 10.2. The van der Waals surface area contributed by atoms with Crippen molar-refractivity contribution in [1.29, 1.82) is 0 Å². The molecule has 3 rings (SSSR count). The summed E-state index contributed by atoms with van der Waals surface area (Å²) in [5.41, 5.74) is 2.18. The fraction of sp³-hybridized carbons (Fsp3) is 0.429. The van der Waals surface area contributed by atoms with Gasteiger partial charge in [0, 0.05) is 26.7 Å². The molecule has 0 amide bonds. The highest BCUT2D eigenvalue weighted by molar-refractivity contribution is 8.00. The molecule has 2 nitrogen and oxygen atoms in total. The molecule has 1 fully saturated rings. The summed E-state index contributed by atoms with van der Waals surface area (Å²) in [5.74, 6) is -0.159. The van der Waals surface area contributed by atoms with Gasteiger partial charge in [-0.1, -0.05) is 0 Å². The van der Waals surface area contributed by atoms with Gasteiger partial charge in [-0.15, -0.1) is 11.8 Å². The molecule has 0 radical (unpaired) electrons. The minimum atomic E-state index is -0.159. The van der Waals surface area contributed by atoms with Crippen LogP contribution in [-0.2, 0) is 0 Å². The third-order valence-electron chi connectivity index (χ3n) is 3.46. The summed E-state index contributed by atoms with van der Waals surface area (Å²) >= 11 is 1.90. The lowest BCUT2D eigenvalue weighted by Gasteiger charge is -2.22. The lowest BCUT2D eigenvalue weighted by Crippen LogP contribution is -2.29. The molecule has 1 aliphatic heterocycles. The van der Waals surface area contributed by atoms with E-state index in [4.69, 9.17) is 0 Å². The molecule has 0 atom stereocenters. The summed E-state index contributed by atoms with van der Waals surface area (Å²) in [5, 5.41) is 5.04. The normalized spacial score (nSPS) is 17.4. The third kappa shape index (κ3) is 2.27. The van der Waals surface area contributed by atoms with Gasteiger partial charge in [0.05, 0.1) is 0 Å². The van der Waals surface area contributed by atoms with Gasteiger partial charge < -0.3 is 10.3 Å². The number of H-pyrrole nitrogens is 1. The van der Waals surface area contributed by atoms with E-state index in [2.05, 4.69) is 17.2 Å². The number of fused-ring (bicyclic) bond motifs is 1. The van der Waals surface area contributed by atoms with Crippen molar-refractivity contribution >= 4 is 22.7 Å². The molecule has 1 saturated heterocycles. The first-order valence-corrected chi connectivity index (χ1v) is 7.27. The van der Waals surface area contributed by atoms with Crippen LogP contribution in [0.15, 0.2) is 23.1 Å². The van der Waals surface area contributed by atoms with E-state index in [9.17, 15) is 4.39 Å². The second-order valence-corrected chi connectivity index (χ2v) is 6.15. The Morgan fingerprint density at radius 2 is 2.06 bits per heavy atom. The van der Waals surface area contributed by atoms with Gasteiger partial charge in [-0.05, 0) is 51.1 Å². The number of nitrogens with one attached hydrogen (secondary N) is 2. The number of hydrogen-bond donors (Lipinski definition) is 2. The van der Waals surface area contributed by atoms with Crippen LogP contribution in [0.3, 0.4) is 0 Å². The molecule has 0 bridgehead atoms. The van der Waals surface area contributed by atoms with E-state index >= 15 is 0 Å². The van der Waals surface area contributed by atoms with Crippen molar-refractivity contribution in [3.63, 3.8) is 0 Å². The smallest absolute Gasteiger partial charge is 0.123 e. The van der Waals surface area contributed by atoms with Gasteiger partial charge in [-0.2, -0.15) is 0 Å². The van der Waals surface area contributed by atoms with Crippen molar-refractivity contribution < 1.29 is 4.39 Å². The maximum Gasteiger partial charge on any atom is 0.123 e. The molecule has 1 aromatic carbocycles. The fourth-order valence-corrected chi connectivity index (χ4v) is 3.83. The number of thioether (sulfide) groups is 1. The molecule has 96 valence electrons. The van der Waals surface area contributed by atoms with E-state index in [1.807, 2.05) is 17.8 Å². The fourth-order valence-electron chi connectivity index (χ4n) is 2.51. The molecule has 2 N–H and O–H groups in total.